The summed E-state index contributed by atoms with van der Waals surface area (Å²) < 4.78 is 20.7. The first-order valence-electron chi connectivity index (χ1n) is 10.8. The largest absolute Gasteiger partial charge is 0.415 e. The number of pyridine rings is 2. The quantitative estimate of drug-likeness (QED) is 0.384. The summed E-state index contributed by atoms with van der Waals surface area (Å²) in [6.45, 7) is 12.3. The highest BCUT2D eigenvalue weighted by atomic mass is 28.4. The maximum Gasteiger partial charge on any atom is 0.263 e. The van der Waals surface area contributed by atoms with Crippen molar-refractivity contribution >= 4 is 36.6 Å². The van der Waals surface area contributed by atoms with Crippen LogP contribution in [-0.2, 0) is 11.5 Å². The lowest BCUT2D eigenvalue weighted by atomic mass is 10.1. The second-order valence-corrected chi connectivity index (χ2v) is 14.4. The number of rotatable bonds is 7. The summed E-state index contributed by atoms with van der Waals surface area (Å²) in [6.07, 6.45) is 1.00. The standard InChI is InChI=1S/C24H31FN4O3Si/c1-24(2,3)33(5,6)32-12-11-26-18-8-9-20-16(13-18)14-19(23(31)29(20)4)22(30)28-21-10-7-17(25)15-27-21/h7-10,13-15,26H,11-12H2,1-6H3,(H,27,28,30). The number of nitrogens with one attached hydrogen (secondary N) is 2. The molecule has 0 unspecified atom stereocenters. The number of amides is 1. The zero-order chi connectivity index (χ0) is 24.4. The Labute approximate surface area is 194 Å². The summed E-state index contributed by atoms with van der Waals surface area (Å²) in [6, 6.07) is 9.73. The lowest BCUT2D eigenvalue weighted by Crippen LogP contribution is -2.41. The molecule has 0 radical (unpaired) electrons. The van der Waals surface area contributed by atoms with Gasteiger partial charge in [-0.2, -0.15) is 0 Å². The van der Waals surface area contributed by atoms with Crippen molar-refractivity contribution in [3.63, 3.8) is 0 Å². The lowest BCUT2D eigenvalue weighted by Gasteiger charge is -2.36. The summed E-state index contributed by atoms with van der Waals surface area (Å²) in [5, 5.41) is 6.79. The third-order valence-electron chi connectivity index (χ3n) is 6.14. The molecule has 0 bridgehead atoms. The Bertz CT molecular complexity index is 1220. The number of fused-ring (bicyclic) bond motifs is 1. The zero-order valence-corrected chi connectivity index (χ0v) is 21.0. The fraction of sp³-hybridized carbons (Fsp3) is 0.375. The van der Waals surface area contributed by atoms with Crippen LogP contribution in [0.3, 0.4) is 0 Å². The van der Waals surface area contributed by atoms with E-state index in [1.165, 1.54) is 16.7 Å². The first-order chi connectivity index (χ1) is 15.4. The predicted molar refractivity (Wildman–Crippen MR) is 133 cm³/mol. The lowest BCUT2D eigenvalue weighted by molar-refractivity contribution is 0.102. The van der Waals surface area contributed by atoms with Gasteiger partial charge in [0.05, 0.1) is 18.3 Å². The van der Waals surface area contributed by atoms with E-state index in [1.807, 2.05) is 18.2 Å². The molecular weight excluding hydrogens is 439 g/mol. The molecule has 1 amide bonds. The number of anilines is 2. The molecule has 2 N–H and O–H groups in total. The van der Waals surface area contributed by atoms with Crippen LogP contribution in [0.4, 0.5) is 15.9 Å². The maximum atomic E-state index is 13.1. The minimum Gasteiger partial charge on any atom is -0.415 e. The number of hydrogen-bond acceptors (Lipinski definition) is 5. The van der Waals surface area contributed by atoms with Gasteiger partial charge in [0, 0.05) is 24.7 Å². The fourth-order valence-electron chi connectivity index (χ4n) is 3.11. The Kier molecular flexibility index (Phi) is 7.04. The highest BCUT2D eigenvalue weighted by Gasteiger charge is 2.36. The van der Waals surface area contributed by atoms with Gasteiger partial charge in [0.1, 0.15) is 17.2 Å². The summed E-state index contributed by atoms with van der Waals surface area (Å²) in [4.78, 5) is 29.2. The molecule has 0 spiro atoms. The Balaban J connectivity index is 1.77. The van der Waals surface area contributed by atoms with Gasteiger partial charge in [-0.25, -0.2) is 9.37 Å². The molecule has 3 aromatic rings. The molecule has 0 aliphatic rings. The summed E-state index contributed by atoms with van der Waals surface area (Å²) >= 11 is 0. The number of carbonyl (C=O) groups excluding carboxylic acids is 1. The van der Waals surface area contributed by atoms with Crippen molar-refractivity contribution in [3.05, 3.63) is 64.3 Å². The smallest absolute Gasteiger partial charge is 0.263 e. The van der Waals surface area contributed by atoms with E-state index in [1.54, 1.807) is 13.1 Å². The van der Waals surface area contributed by atoms with Gasteiger partial charge in [0.25, 0.3) is 11.5 Å². The summed E-state index contributed by atoms with van der Waals surface area (Å²) in [7, 11) is -0.182. The summed E-state index contributed by atoms with van der Waals surface area (Å²) in [5.41, 5.74) is 1.13. The zero-order valence-electron chi connectivity index (χ0n) is 20.0. The molecule has 9 heteroatoms. The Hall–Kier alpha value is -3.04. The van der Waals surface area contributed by atoms with Crippen LogP contribution >= 0.6 is 0 Å². The van der Waals surface area contributed by atoms with E-state index in [9.17, 15) is 14.0 Å². The van der Waals surface area contributed by atoms with Crippen LogP contribution in [0.1, 0.15) is 31.1 Å². The molecule has 0 atom stereocenters. The Morgan fingerprint density at radius 3 is 2.55 bits per heavy atom. The molecule has 7 nitrogen and oxygen atoms in total. The van der Waals surface area contributed by atoms with Gasteiger partial charge in [-0.15, -0.1) is 0 Å². The number of benzene rings is 1. The molecule has 3 rings (SSSR count). The number of nitrogens with zero attached hydrogens (tertiary/aromatic N) is 2. The predicted octanol–water partition coefficient (Wildman–Crippen LogP) is 4.76. The Morgan fingerprint density at radius 2 is 1.91 bits per heavy atom. The van der Waals surface area contributed by atoms with E-state index in [-0.39, 0.29) is 16.4 Å². The molecule has 2 aromatic heterocycles. The highest BCUT2D eigenvalue weighted by molar-refractivity contribution is 6.74. The Morgan fingerprint density at radius 1 is 1.18 bits per heavy atom. The van der Waals surface area contributed by atoms with Crippen molar-refractivity contribution < 1.29 is 13.6 Å². The van der Waals surface area contributed by atoms with Crippen molar-refractivity contribution in [2.24, 2.45) is 7.05 Å². The molecular formula is C24H31FN4O3Si. The second-order valence-electron chi connectivity index (χ2n) is 9.55. The molecule has 2 heterocycles. The van der Waals surface area contributed by atoms with Gasteiger partial charge >= 0.3 is 0 Å². The molecule has 0 aliphatic carbocycles. The molecule has 0 fully saturated rings. The van der Waals surface area contributed by atoms with Crippen molar-refractivity contribution in [1.29, 1.82) is 0 Å². The molecule has 0 saturated carbocycles. The molecule has 0 saturated heterocycles. The maximum absolute atomic E-state index is 13.1. The minimum absolute atomic E-state index is 0.0189. The van der Waals surface area contributed by atoms with E-state index in [0.29, 0.717) is 18.7 Å². The van der Waals surface area contributed by atoms with Crippen LogP contribution in [0.5, 0.6) is 0 Å². The van der Waals surface area contributed by atoms with Gasteiger partial charge in [-0.3, -0.25) is 9.59 Å². The number of aryl methyl sites for hydroxylation is 1. The number of carbonyl (C=O) groups is 1. The van der Waals surface area contributed by atoms with E-state index < -0.39 is 25.6 Å². The van der Waals surface area contributed by atoms with E-state index >= 15 is 0 Å². The first kappa shape index (κ1) is 24.6. The number of hydrogen-bond donors (Lipinski definition) is 2. The van der Waals surface area contributed by atoms with Crippen LogP contribution in [0.25, 0.3) is 10.9 Å². The van der Waals surface area contributed by atoms with Gasteiger partial charge in [0.2, 0.25) is 0 Å². The molecule has 33 heavy (non-hydrogen) atoms. The van der Waals surface area contributed by atoms with Crippen molar-refractivity contribution in [2.45, 2.75) is 38.9 Å². The number of aromatic nitrogens is 2. The van der Waals surface area contributed by atoms with Crippen molar-refractivity contribution in [3.8, 4) is 0 Å². The van der Waals surface area contributed by atoms with Gasteiger partial charge < -0.3 is 19.6 Å². The normalized spacial score (nSPS) is 12.1. The van der Waals surface area contributed by atoms with Crippen LogP contribution in [-0.4, -0.2) is 36.9 Å². The van der Waals surface area contributed by atoms with Crippen LogP contribution < -0.4 is 16.2 Å². The number of halogens is 1. The molecule has 176 valence electrons. The molecule has 1 aromatic carbocycles. The van der Waals surface area contributed by atoms with E-state index in [2.05, 4.69) is 49.5 Å². The minimum atomic E-state index is -1.80. The SMILES string of the molecule is Cn1c(=O)c(C(=O)Nc2ccc(F)cn2)cc2cc(NCCO[Si](C)(C)C(C)(C)C)ccc21. The average Bonchev–Trinajstić information content (AvgIpc) is 2.74. The first-order valence-corrected chi connectivity index (χ1v) is 13.7. The van der Waals surface area contributed by atoms with Crippen LogP contribution in [0.2, 0.25) is 18.1 Å². The highest BCUT2D eigenvalue weighted by Crippen LogP contribution is 2.36. The van der Waals surface area contributed by atoms with E-state index in [0.717, 1.165) is 17.3 Å². The van der Waals surface area contributed by atoms with Gasteiger partial charge in [-0.1, -0.05) is 20.8 Å². The third-order valence-corrected chi connectivity index (χ3v) is 10.7. The fourth-order valence-corrected chi connectivity index (χ4v) is 4.15. The van der Waals surface area contributed by atoms with Crippen LogP contribution in [0, 0.1) is 5.82 Å². The topological polar surface area (TPSA) is 85.2 Å². The molecule has 0 aliphatic heterocycles. The van der Waals surface area contributed by atoms with Crippen molar-refractivity contribution in [1.82, 2.24) is 9.55 Å². The average molecular weight is 471 g/mol. The van der Waals surface area contributed by atoms with Gasteiger partial charge in [0.15, 0.2) is 8.32 Å². The summed E-state index contributed by atoms with van der Waals surface area (Å²) in [5.74, 6) is -0.942. The second kappa shape index (κ2) is 9.44. The van der Waals surface area contributed by atoms with Gasteiger partial charge in [-0.05, 0) is 54.5 Å². The van der Waals surface area contributed by atoms with E-state index in [4.69, 9.17) is 4.43 Å². The van der Waals surface area contributed by atoms with Crippen LogP contribution in [0.15, 0.2) is 47.4 Å². The third kappa shape index (κ3) is 5.66. The van der Waals surface area contributed by atoms with Crippen molar-refractivity contribution in [2.75, 3.05) is 23.8 Å². The monoisotopic (exact) mass is 470 g/mol.